The lowest BCUT2D eigenvalue weighted by Crippen LogP contribution is -2.40. The van der Waals surface area contributed by atoms with Gasteiger partial charge < -0.3 is 14.8 Å². The zero-order valence-electron chi connectivity index (χ0n) is 13.1. The number of methoxy groups -OCH3 is 1. The van der Waals surface area contributed by atoms with Crippen LogP contribution in [0.5, 0.6) is 5.88 Å². The van der Waals surface area contributed by atoms with E-state index in [1.54, 1.807) is 19.4 Å². The molecule has 122 valence electrons. The maximum Gasteiger partial charge on any atom is 0.225 e. The molecule has 3 rings (SSSR count). The van der Waals surface area contributed by atoms with Gasteiger partial charge in [0.05, 0.1) is 7.11 Å². The third-order valence-corrected chi connectivity index (χ3v) is 4.58. The quantitative estimate of drug-likeness (QED) is 0.909. The molecule has 2 aromatic rings. The summed E-state index contributed by atoms with van der Waals surface area (Å²) >= 11 is 6.03. The Labute approximate surface area is 141 Å². The average Bonchev–Trinajstić information content (AvgIpc) is 2.61. The summed E-state index contributed by atoms with van der Waals surface area (Å²) in [5, 5.41) is 4.10. The van der Waals surface area contributed by atoms with Crippen molar-refractivity contribution in [2.45, 2.75) is 18.3 Å². The van der Waals surface area contributed by atoms with E-state index in [-0.39, 0.29) is 5.41 Å². The highest BCUT2D eigenvalue weighted by Gasteiger charge is 2.34. The van der Waals surface area contributed by atoms with Crippen LogP contribution >= 0.6 is 11.6 Å². The smallest absolute Gasteiger partial charge is 0.225 e. The fourth-order valence-corrected chi connectivity index (χ4v) is 3.05. The minimum atomic E-state index is -0.00469. The molecule has 1 saturated heterocycles. The van der Waals surface area contributed by atoms with Gasteiger partial charge in [-0.3, -0.25) is 0 Å². The summed E-state index contributed by atoms with van der Waals surface area (Å²) in [5.41, 5.74) is 1.26. The van der Waals surface area contributed by atoms with Crippen LogP contribution in [0.3, 0.4) is 0 Å². The maximum absolute atomic E-state index is 6.03. The van der Waals surface area contributed by atoms with Gasteiger partial charge in [0, 0.05) is 42.5 Å². The van der Waals surface area contributed by atoms with Gasteiger partial charge in [-0.2, -0.15) is 4.98 Å². The van der Waals surface area contributed by atoms with Gasteiger partial charge in [0.15, 0.2) is 0 Å². The number of aromatic nitrogens is 2. The first-order valence-electron chi connectivity index (χ1n) is 7.67. The normalized spacial score (nSPS) is 16.8. The van der Waals surface area contributed by atoms with Crippen LogP contribution in [0.4, 0.5) is 5.95 Å². The van der Waals surface area contributed by atoms with E-state index in [1.807, 2.05) is 12.1 Å². The summed E-state index contributed by atoms with van der Waals surface area (Å²) in [6.07, 6.45) is 3.59. The van der Waals surface area contributed by atoms with Gasteiger partial charge in [-0.15, -0.1) is 0 Å². The Hall–Kier alpha value is -1.85. The first-order valence-corrected chi connectivity index (χ1v) is 8.04. The van der Waals surface area contributed by atoms with Crippen LogP contribution in [-0.4, -0.2) is 36.8 Å². The number of hydrogen-bond donors (Lipinski definition) is 1. The summed E-state index contributed by atoms with van der Waals surface area (Å²) < 4.78 is 10.7. The molecule has 0 spiro atoms. The van der Waals surface area contributed by atoms with Crippen molar-refractivity contribution in [3.05, 3.63) is 47.1 Å². The summed E-state index contributed by atoms with van der Waals surface area (Å²) in [6, 6.07) is 9.81. The van der Waals surface area contributed by atoms with E-state index in [0.29, 0.717) is 11.8 Å². The van der Waals surface area contributed by atoms with E-state index in [0.717, 1.165) is 37.6 Å². The van der Waals surface area contributed by atoms with Crippen LogP contribution in [0, 0.1) is 0 Å². The van der Waals surface area contributed by atoms with Crippen molar-refractivity contribution in [1.29, 1.82) is 0 Å². The molecule has 1 aromatic heterocycles. The largest absolute Gasteiger partial charge is 0.481 e. The van der Waals surface area contributed by atoms with Crippen molar-refractivity contribution in [1.82, 2.24) is 9.97 Å². The number of ether oxygens (including phenoxy) is 2. The van der Waals surface area contributed by atoms with Gasteiger partial charge in [0.2, 0.25) is 11.8 Å². The van der Waals surface area contributed by atoms with Gasteiger partial charge in [-0.1, -0.05) is 23.7 Å². The molecular formula is C17H20ClN3O2. The number of rotatable bonds is 5. The summed E-state index contributed by atoms with van der Waals surface area (Å²) in [6.45, 7) is 2.25. The molecule has 1 N–H and O–H groups in total. The molecule has 6 heteroatoms. The molecule has 0 aliphatic carbocycles. The molecule has 5 nitrogen and oxygen atoms in total. The van der Waals surface area contributed by atoms with Crippen LogP contribution in [0.25, 0.3) is 0 Å². The highest BCUT2D eigenvalue weighted by molar-refractivity contribution is 6.30. The highest BCUT2D eigenvalue weighted by atomic mass is 35.5. The Kier molecular flexibility index (Phi) is 4.98. The molecule has 0 radical (unpaired) electrons. The topological polar surface area (TPSA) is 56.3 Å². The third-order valence-electron chi connectivity index (χ3n) is 4.33. The standard InChI is InChI=1S/C17H20ClN3O2/c1-22-15-6-9-19-16(21-15)20-12-17(7-10-23-11-8-17)13-2-4-14(18)5-3-13/h2-6,9H,7-8,10-12H2,1H3,(H,19,20,21). The maximum atomic E-state index is 6.03. The van der Waals surface area contributed by atoms with E-state index >= 15 is 0 Å². The molecule has 0 saturated carbocycles. The Morgan fingerprint density at radius 3 is 2.65 bits per heavy atom. The van der Waals surface area contributed by atoms with E-state index in [4.69, 9.17) is 21.1 Å². The van der Waals surface area contributed by atoms with Crippen LogP contribution in [0.1, 0.15) is 18.4 Å². The number of halogens is 1. The van der Waals surface area contributed by atoms with Gasteiger partial charge in [-0.25, -0.2) is 4.98 Å². The van der Waals surface area contributed by atoms with Crippen LogP contribution < -0.4 is 10.1 Å². The lowest BCUT2D eigenvalue weighted by molar-refractivity contribution is 0.0543. The molecule has 0 atom stereocenters. The lowest BCUT2D eigenvalue weighted by atomic mass is 9.74. The van der Waals surface area contributed by atoms with Crippen molar-refractivity contribution < 1.29 is 9.47 Å². The van der Waals surface area contributed by atoms with Gasteiger partial charge >= 0.3 is 0 Å². The molecule has 1 aliphatic rings. The van der Waals surface area contributed by atoms with E-state index in [9.17, 15) is 0 Å². The minimum absolute atomic E-state index is 0.00469. The molecular weight excluding hydrogens is 314 g/mol. The van der Waals surface area contributed by atoms with Crippen molar-refractivity contribution >= 4 is 17.5 Å². The lowest BCUT2D eigenvalue weighted by Gasteiger charge is -2.38. The Bertz CT molecular complexity index is 643. The zero-order chi connectivity index (χ0) is 16.1. The van der Waals surface area contributed by atoms with Crippen LogP contribution in [0.2, 0.25) is 5.02 Å². The van der Waals surface area contributed by atoms with Gasteiger partial charge in [-0.05, 0) is 30.5 Å². The van der Waals surface area contributed by atoms with Crippen molar-refractivity contribution in [3.8, 4) is 5.88 Å². The third kappa shape index (κ3) is 3.74. The van der Waals surface area contributed by atoms with E-state index in [2.05, 4.69) is 27.4 Å². The minimum Gasteiger partial charge on any atom is -0.481 e. The predicted octanol–water partition coefficient (Wildman–Crippen LogP) is 3.30. The van der Waals surface area contributed by atoms with E-state index in [1.165, 1.54) is 5.56 Å². The second-order valence-electron chi connectivity index (χ2n) is 5.68. The molecule has 1 aromatic carbocycles. The molecule has 1 aliphatic heterocycles. The second kappa shape index (κ2) is 7.15. The monoisotopic (exact) mass is 333 g/mol. The number of nitrogens with zero attached hydrogens (tertiary/aromatic N) is 2. The van der Waals surface area contributed by atoms with Gasteiger partial charge in [0.1, 0.15) is 0 Å². The predicted molar refractivity (Wildman–Crippen MR) is 90.3 cm³/mol. The van der Waals surface area contributed by atoms with Crippen LogP contribution in [0.15, 0.2) is 36.5 Å². The van der Waals surface area contributed by atoms with Crippen molar-refractivity contribution in [2.24, 2.45) is 0 Å². The fourth-order valence-electron chi connectivity index (χ4n) is 2.92. The van der Waals surface area contributed by atoms with Crippen molar-refractivity contribution in [2.75, 3.05) is 32.2 Å². The molecule has 0 unspecified atom stereocenters. The molecule has 0 bridgehead atoms. The number of hydrogen-bond acceptors (Lipinski definition) is 5. The second-order valence-corrected chi connectivity index (χ2v) is 6.11. The van der Waals surface area contributed by atoms with E-state index < -0.39 is 0 Å². The first kappa shape index (κ1) is 16.0. The van der Waals surface area contributed by atoms with Crippen LogP contribution in [-0.2, 0) is 10.2 Å². The fraction of sp³-hybridized carbons (Fsp3) is 0.412. The number of nitrogens with one attached hydrogen (secondary N) is 1. The molecule has 0 amide bonds. The SMILES string of the molecule is COc1ccnc(NCC2(c3ccc(Cl)cc3)CCOCC2)n1. The molecule has 23 heavy (non-hydrogen) atoms. The summed E-state index contributed by atoms with van der Waals surface area (Å²) in [4.78, 5) is 8.57. The molecule has 2 heterocycles. The number of anilines is 1. The average molecular weight is 334 g/mol. The Morgan fingerprint density at radius 2 is 1.96 bits per heavy atom. The zero-order valence-corrected chi connectivity index (χ0v) is 13.8. The first-order chi connectivity index (χ1) is 11.2. The summed E-state index contributed by atoms with van der Waals surface area (Å²) in [7, 11) is 1.60. The van der Waals surface area contributed by atoms with Crippen molar-refractivity contribution in [3.63, 3.8) is 0 Å². The van der Waals surface area contributed by atoms with Gasteiger partial charge in [0.25, 0.3) is 0 Å². The highest BCUT2D eigenvalue weighted by Crippen LogP contribution is 2.35. The summed E-state index contributed by atoms with van der Waals surface area (Å²) in [5.74, 6) is 1.12. The Balaban J connectivity index is 1.80. The number of benzene rings is 1. The Morgan fingerprint density at radius 1 is 1.22 bits per heavy atom. The molecule has 1 fully saturated rings.